The van der Waals surface area contributed by atoms with Crippen molar-refractivity contribution in [3.63, 3.8) is 0 Å². The first kappa shape index (κ1) is 15.1. The maximum absolute atomic E-state index is 12.8. The summed E-state index contributed by atoms with van der Waals surface area (Å²) in [6.45, 7) is 7.49. The molecule has 5 nitrogen and oxygen atoms in total. The summed E-state index contributed by atoms with van der Waals surface area (Å²) in [4.78, 5) is 27.7. The van der Waals surface area contributed by atoms with Gasteiger partial charge in [-0.15, -0.1) is 0 Å². The number of rotatable bonds is 1. The second kappa shape index (κ2) is 6.02. The number of carbonyl (C=O) groups excluding carboxylic acids is 1. The molecular weight excluding hydrogens is 256 g/mol. The zero-order valence-electron chi connectivity index (χ0n) is 12.7. The van der Waals surface area contributed by atoms with Gasteiger partial charge in [0, 0.05) is 19.1 Å². The minimum Gasteiger partial charge on any atom is -0.480 e. The van der Waals surface area contributed by atoms with E-state index in [2.05, 4.69) is 13.8 Å². The van der Waals surface area contributed by atoms with Crippen LogP contribution in [0.1, 0.15) is 46.5 Å². The highest BCUT2D eigenvalue weighted by Gasteiger charge is 2.40. The quantitative estimate of drug-likeness (QED) is 0.803. The van der Waals surface area contributed by atoms with E-state index in [9.17, 15) is 14.7 Å². The van der Waals surface area contributed by atoms with Crippen molar-refractivity contribution in [2.75, 3.05) is 13.1 Å². The monoisotopic (exact) mass is 282 g/mol. The Morgan fingerprint density at radius 1 is 0.950 bits per heavy atom. The predicted octanol–water partition coefficient (Wildman–Crippen LogP) is 2.41. The van der Waals surface area contributed by atoms with Crippen LogP contribution in [0, 0.1) is 11.8 Å². The number of nitrogens with zero attached hydrogens (tertiary/aromatic N) is 2. The highest BCUT2D eigenvalue weighted by atomic mass is 16.4. The first-order chi connectivity index (χ1) is 9.43. The summed E-state index contributed by atoms with van der Waals surface area (Å²) in [6.07, 6.45) is 3.93. The van der Waals surface area contributed by atoms with E-state index in [0.717, 1.165) is 32.2 Å². The Morgan fingerprint density at radius 3 is 2.10 bits per heavy atom. The molecular formula is C15H26N2O3. The molecule has 0 aromatic heterocycles. The highest BCUT2D eigenvalue weighted by molar-refractivity contribution is 5.83. The minimum absolute atomic E-state index is 0.0303. The molecule has 0 bridgehead atoms. The Morgan fingerprint density at radius 2 is 1.50 bits per heavy atom. The summed E-state index contributed by atoms with van der Waals surface area (Å²) >= 11 is 0. The number of likely N-dealkylation sites (tertiary alicyclic amines) is 2. The largest absolute Gasteiger partial charge is 0.480 e. The molecule has 114 valence electrons. The molecule has 1 N–H and O–H groups in total. The third-order valence-corrected chi connectivity index (χ3v) is 5.05. The zero-order chi connectivity index (χ0) is 14.9. The van der Waals surface area contributed by atoms with Crippen LogP contribution in [0.4, 0.5) is 4.79 Å². The summed E-state index contributed by atoms with van der Waals surface area (Å²) < 4.78 is 0. The maximum atomic E-state index is 12.8. The van der Waals surface area contributed by atoms with Crippen molar-refractivity contribution < 1.29 is 14.7 Å². The van der Waals surface area contributed by atoms with Crippen LogP contribution in [0.25, 0.3) is 0 Å². The van der Waals surface area contributed by atoms with Crippen LogP contribution in [0.2, 0.25) is 0 Å². The topological polar surface area (TPSA) is 60.9 Å². The lowest BCUT2D eigenvalue weighted by atomic mass is 9.90. The Kier molecular flexibility index (Phi) is 4.55. The number of piperidine rings is 2. The lowest BCUT2D eigenvalue weighted by Gasteiger charge is -2.44. The number of carboxylic acids is 1. The molecule has 2 amide bonds. The Bertz CT molecular complexity index is 385. The van der Waals surface area contributed by atoms with Gasteiger partial charge in [-0.05, 0) is 44.4 Å². The molecule has 4 unspecified atom stereocenters. The van der Waals surface area contributed by atoms with Gasteiger partial charge in [0.15, 0.2) is 0 Å². The first-order valence-corrected chi connectivity index (χ1v) is 7.73. The molecule has 5 heteroatoms. The van der Waals surface area contributed by atoms with E-state index >= 15 is 0 Å². The van der Waals surface area contributed by atoms with Crippen LogP contribution < -0.4 is 0 Å². The van der Waals surface area contributed by atoms with E-state index in [1.54, 1.807) is 4.90 Å². The van der Waals surface area contributed by atoms with Crippen molar-refractivity contribution in [2.45, 2.75) is 58.5 Å². The fraction of sp³-hybridized carbons (Fsp3) is 0.867. The van der Waals surface area contributed by atoms with Crippen molar-refractivity contribution in [1.82, 2.24) is 9.80 Å². The molecule has 0 aromatic carbocycles. The molecule has 2 aliphatic rings. The Balaban J connectivity index is 2.15. The molecule has 2 fully saturated rings. The first-order valence-electron chi connectivity index (χ1n) is 7.73. The highest BCUT2D eigenvalue weighted by Crippen LogP contribution is 2.28. The van der Waals surface area contributed by atoms with Gasteiger partial charge in [0.2, 0.25) is 0 Å². The molecule has 2 saturated heterocycles. The molecule has 4 atom stereocenters. The van der Waals surface area contributed by atoms with Gasteiger partial charge in [-0.3, -0.25) is 0 Å². The number of carbonyl (C=O) groups is 2. The van der Waals surface area contributed by atoms with E-state index in [4.69, 9.17) is 0 Å². The fourth-order valence-electron chi connectivity index (χ4n) is 3.55. The second-order valence-corrected chi connectivity index (χ2v) is 6.43. The predicted molar refractivity (Wildman–Crippen MR) is 76.5 cm³/mol. The van der Waals surface area contributed by atoms with Crippen molar-refractivity contribution in [2.24, 2.45) is 11.8 Å². The lowest BCUT2D eigenvalue weighted by molar-refractivity contribution is -0.145. The van der Waals surface area contributed by atoms with Gasteiger partial charge >= 0.3 is 12.0 Å². The molecule has 0 aliphatic carbocycles. The summed E-state index contributed by atoms with van der Waals surface area (Å²) in [6, 6.07) is -0.549. The molecule has 0 spiro atoms. The second-order valence-electron chi connectivity index (χ2n) is 6.43. The van der Waals surface area contributed by atoms with Crippen LogP contribution in [-0.4, -0.2) is 52.1 Å². The molecule has 2 heterocycles. The van der Waals surface area contributed by atoms with Crippen LogP contribution in [-0.2, 0) is 4.79 Å². The third-order valence-electron chi connectivity index (χ3n) is 5.05. The van der Waals surface area contributed by atoms with Crippen LogP contribution in [0.5, 0.6) is 0 Å². The standard InChI is InChI=1S/C15H26N2O3/c1-10-6-4-8-16(12(10)3)15(20)17-9-5-7-11(2)13(17)14(18)19/h10-13H,4-9H2,1-3H3,(H,18,19). The molecule has 2 rings (SSSR count). The summed E-state index contributed by atoms with van der Waals surface area (Å²) in [5.41, 5.74) is 0. The van der Waals surface area contributed by atoms with Gasteiger partial charge in [-0.25, -0.2) is 9.59 Å². The molecule has 0 radical (unpaired) electrons. The van der Waals surface area contributed by atoms with Crippen LogP contribution in [0.3, 0.4) is 0 Å². The van der Waals surface area contributed by atoms with Gasteiger partial charge in [0.25, 0.3) is 0 Å². The van der Waals surface area contributed by atoms with E-state index in [0.29, 0.717) is 12.5 Å². The maximum Gasteiger partial charge on any atom is 0.326 e. The number of hydrogen-bond acceptors (Lipinski definition) is 2. The number of amides is 2. The fourth-order valence-corrected chi connectivity index (χ4v) is 3.55. The number of carboxylic acid groups (broad SMARTS) is 1. The van der Waals surface area contributed by atoms with Crippen molar-refractivity contribution >= 4 is 12.0 Å². The molecule has 2 aliphatic heterocycles. The molecule has 20 heavy (non-hydrogen) atoms. The van der Waals surface area contributed by atoms with E-state index in [1.807, 2.05) is 11.8 Å². The summed E-state index contributed by atoms with van der Waals surface area (Å²) in [5.74, 6) is -0.357. The average Bonchev–Trinajstić information content (AvgIpc) is 2.40. The Hall–Kier alpha value is -1.26. The van der Waals surface area contributed by atoms with Gasteiger partial charge in [-0.2, -0.15) is 0 Å². The molecule has 0 saturated carbocycles. The Labute approximate surface area is 120 Å². The van der Waals surface area contributed by atoms with Crippen LogP contribution >= 0.6 is 0 Å². The van der Waals surface area contributed by atoms with Gasteiger partial charge in [0.1, 0.15) is 6.04 Å². The number of aliphatic carboxylic acids is 1. The smallest absolute Gasteiger partial charge is 0.326 e. The van der Waals surface area contributed by atoms with Crippen molar-refractivity contribution in [1.29, 1.82) is 0 Å². The molecule has 0 aromatic rings. The third kappa shape index (κ3) is 2.76. The summed E-state index contributed by atoms with van der Waals surface area (Å²) in [5, 5.41) is 9.43. The minimum atomic E-state index is -0.872. The number of urea groups is 1. The van der Waals surface area contributed by atoms with Crippen molar-refractivity contribution in [3.8, 4) is 0 Å². The zero-order valence-corrected chi connectivity index (χ0v) is 12.7. The SMILES string of the molecule is CC1CCCN(C(=O)N2CCCC(C)C2C(=O)O)C1C. The van der Waals surface area contributed by atoms with Crippen molar-refractivity contribution in [3.05, 3.63) is 0 Å². The van der Waals surface area contributed by atoms with E-state index < -0.39 is 12.0 Å². The average molecular weight is 282 g/mol. The van der Waals surface area contributed by atoms with E-state index in [1.165, 1.54) is 0 Å². The van der Waals surface area contributed by atoms with E-state index in [-0.39, 0.29) is 18.0 Å². The normalized spacial score (nSPS) is 35.0. The number of hydrogen-bond donors (Lipinski definition) is 1. The van der Waals surface area contributed by atoms with Gasteiger partial charge in [-0.1, -0.05) is 13.8 Å². The van der Waals surface area contributed by atoms with Gasteiger partial charge < -0.3 is 14.9 Å². The van der Waals surface area contributed by atoms with Crippen LogP contribution in [0.15, 0.2) is 0 Å². The summed E-state index contributed by atoms with van der Waals surface area (Å²) in [7, 11) is 0. The lowest BCUT2D eigenvalue weighted by Crippen LogP contribution is -2.59. The van der Waals surface area contributed by atoms with Gasteiger partial charge in [0.05, 0.1) is 0 Å².